The SMILES string of the molecule is Cc1ncsc1-c1ccc(CNC(=O)C2CC(O)CN2C(=O)C(c2cc([C@@H](C)C(C)C)no2)C(C)C)cc1. The van der Waals surface area contributed by atoms with E-state index in [4.69, 9.17) is 4.52 Å². The standard InChI is InChI=1S/C29H38N4O4S/c1-16(2)18(5)23-12-25(37-32-23)26(17(3)4)29(36)33-14-22(34)11-24(33)28(35)30-13-20-7-9-21(10-8-20)27-19(6)31-15-38-27/h7-10,12,15-18,22,24,26,34H,11,13-14H2,1-6H3,(H,30,35)/t18-,22?,24?,26?/m0/s1. The van der Waals surface area contributed by atoms with Gasteiger partial charge in [-0.2, -0.15) is 0 Å². The summed E-state index contributed by atoms with van der Waals surface area (Å²) in [7, 11) is 0. The van der Waals surface area contributed by atoms with Crippen LogP contribution in [0.4, 0.5) is 0 Å². The summed E-state index contributed by atoms with van der Waals surface area (Å²) in [6.45, 7) is 12.7. The molecule has 0 aliphatic carbocycles. The number of rotatable bonds is 9. The van der Waals surface area contributed by atoms with Crippen molar-refractivity contribution in [3.63, 3.8) is 0 Å². The molecule has 1 aromatic carbocycles. The first-order valence-corrected chi connectivity index (χ1v) is 14.2. The Kier molecular flexibility index (Phi) is 8.67. The number of aromatic nitrogens is 2. The van der Waals surface area contributed by atoms with Crippen LogP contribution in [0.3, 0.4) is 0 Å². The van der Waals surface area contributed by atoms with Gasteiger partial charge in [0.05, 0.1) is 27.9 Å². The van der Waals surface area contributed by atoms with Crippen molar-refractivity contribution in [1.82, 2.24) is 20.4 Å². The predicted octanol–water partition coefficient (Wildman–Crippen LogP) is 4.88. The monoisotopic (exact) mass is 538 g/mol. The van der Waals surface area contributed by atoms with Gasteiger partial charge in [-0.05, 0) is 29.9 Å². The van der Waals surface area contributed by atoms with E-state index in [1.807, 2.05) is 56.6 Å². The largest absolute Gasteiger partial charge is 0.391 e. The second-order valence-electron chi connectivity index (χ2n) is 11.0. The molecule has 3 heterocycles. The highest BCUT2D eigenvalue weighted by atomic mass is 32.1. The Morgan fingerprint density at radius 1 is 1.16 bits per heavy atom. The average Bonchev–Trinajstić information content (AvgIpc) is 3.62. The van der Waals surface area contributed by atoms with Gasteiger partial charge in [0, 0.05) is 31.5 Å². The lowest BCUT2D eigenvalue weighted by atomic mass is 9.89. The molecule has 1 aliphatic heterocycles. The lowest BCUT2D eigenvalue weighted by Crippen LogP contribution is -2.48. The molecule has 204 valence electrons. The second kappa shape index (κ2) is 11.8. The molecule has 8 nitrogen and oxygen atoms in total. The van der Waals surface area contributed by atoms with E-state index < -0.39 is 18.1 Å². The molecular weight excluding hydrogens is 500 g/mol. The number of aryl methyl sites for hydroxylation is 1. The first-order valence-electron chi connectivity index (χ1n) is 13.3. The Hall–Kier alpha value is -3.04. The molecule has 0 radical (unpaired) electrons. The van der Waals surface area contributed by atoms with Crippen LogP contribution in [0, 0.1) is 18.8 Å². The molecule has 9 heteroatoms. The third-order valence-electron chi connectivity index (χ3n) is 7.55. The van der Waals surface area contributed by atoms with Crippen LogP contribution in [0.25, 0.3) is 10.4 Å². The van der Waals surface area contributed by atoms with E-state index in [2.05, 4.69) is 36.2 Å². The van der Waals surface area contributed by atoms with Crippen molar-refractivity contribution in [2.45, 2.75) is 78.5 Å². The normalized spacial score (nSPS) is 19.2. The second-order valence-corrected chi connectivity index (χ2v) is 11.8. The summed E-state index contributed by atoms with van der Waals surface area (Å²) in [6, 6.07) is 9.14. The minimum atomic E-state index is -0.754. The Balaban J connectivity index is 1.44. The van der Waals surface area contributed by atoms with Crippen molar-refractivity contribution in [3.8, 4) is 10.4 Å². The summed E-state index contributed by atoms with van der Waals surface area (Å²) in [5.41, 5.74) is 5.69. The van der Waals surface area contributed by atoms with Crippen molar-refractivity contribution in [2.75, 3.05) is 6.54 Å². The minimum absolute atomic E-state index is 0.0696. The molecule has 1 aliphatic rings. The van der Waals surface area contributed by atoms with Gasteiger partial charge in [0.1, 0.15) is 17.7 Å². The van der Waals surface area contributed by atoms with Crippen molar-refractivity contribution in [2.24, 2.45) is 11.8 Å². The van der Waals surface area contributed by atoms with Gasteiger partial charge in [-0.15, -0.1) is 11.3 Å². The number of likely N-dealkylation sites (tertiary alicyclic amines) is 1. The molecule has 2 aromatic heterocycles. The van der Waals surface area contributed by atoms with Gasteiger partial charge in [-0.25, -0.2) is 4.98 Å². The highest BCUT2D eigenvalue weighted by Crippen LogP contribution is 2.33. The van der Waals surface area contributed by atoms with Gasteiger partial charge in [0.2, 0.25) is 11.8 Å². The zero-order valence-electron chi connectivity index (χ0n) is 23.0. The van der Waals surface area contributed by atoms with E-state index in [0.29, 0.717) is 18.2 Å². The summed E-state index contributed by atoms with van der Waals surface area (Å²) in [5, 5.41) is 17.6. The first kappa shape index (κ1) is 28.0. The number of hydrogen-bond donors (Lipinski definition) is 2. The number of carbonyl (C=O) groups excluding carboxylic acids is 2. The molecule has 2 amide bonds. The fourth-order valence-corrected chi connectivity index (χ4v) is 5.70. The van der Waals surface area contributed by atoms with Crippen LogP contribution < -0.4 is 5.32 Å². The van der Waals surface area contributed by atoms with Crippen molar-refractivity contribution in [3.05, 3.63) is 58.6 Å². The van der Waals surface area contributed by atoms with Gasteiger partial charge in [0.15, 0.2) is 0 Å². The summed E-state index contributed by atoms with van der Waals surface area (Å²) in [6.07, 6.45) is -0.548. The smallest absolute Gasteiger partial charge is 0.243 e. The minimum Gasteiger partial charge on any atom is -0.391 e. The van der Waals surface area contributed by atoms with Crippen molar-refractivity contribution < 1.29 is 19.2 Å². The van der Waals surface area contributed by atoms with Gasteiger partial charge in [0.25, 0.3) is 0 Å². The number of amides is 2. The fraction of sp³-hybridized carbons (Fsp3) is 0.517. The van der Waals surface area contributed by atoms with Gasteiger partial charge < -0.3 is 19.8 Å². The highest BCUT2D eigenvalue weighted by Gasteiger charge is 2.43. The number of β-amino-alcohol motifs (C(OH)–C–C–N with tert-alkyl or cyclic N) is 1. The van der Waals surface area contributed by atoms with Crippen molar-refractivity contribution >= 4 is 23.2 Å². The number of benzene rings is 1. The van der Waals surface area contributed by atoms with Crippen molar-refractivity contribution in [1.29, 1.82) is 0 Å². The molecule has 0 bridgehead atoms. The Morgan fingerprint density at radius 2 is 1.87 bits per heavy atom. The summed E-state index contributed by atoms with van der Waals surface area (Å²) in [5.74, 6) is -0.0611. The fourth-order valence-electron chi connectivity index (χ4n) is 4.89. The number of thiazole rings is 1. The molecule has 0 spiro atoms. The van der Waals surface area contributed by atoms with E-state index >= 15 is 0 Å². The zero-order valence-corrected chi connectivity index (χ0v) is 23.8. The van der Waals surface area contributed by atoms with Crippen LogP contribution in [0.2, 0.25) is 0 Å². The van der Waals surface area contributed by atoms with Crippen LogP contribution >= 0.6 is 11.3 Å². The van der Waals surface area contributed by atoms with Gasteiger partial charge in [-0.3, -0.25) is 9.59 Å². The number of nitrogens with one attached hydrogen (secondary N) is 1. The van der Waals surface area contributed by atoms with E-state index in [0.717, 1.165) is 27.4 Å². The van der Waals surface area contributed by atoms with Gasteiger partial charge in [-0.1, -0.05) is 64.0 Å². The van der Waals surface area contributed by atoms with Crippen LogP contribution in [0.1, 0.15) is 75.6 Å². The molecule has 38 heavy (non-hydrogen) atoms. The number of carbonyl (C=O) groups is 2. The van der Waals surface area contributed by atoms with E-state index in [-0.39, 0.29) is 36.6 Å². The Morgan fingerprint density at radius 3 is 2.47 bits per heavy atom. The maximum Gasteiger partial charge on any atom is 0.243 e. The van der Waals surface area contributed by atoms with E-state index in [9.17, 15) is 14.7 Å². The molecule has 3 unspecified atom stereocenters. The summed E-state index contributed by atoms with van der Waals surface area (Å²) >= 11 is 1.60. The predicted molar refractivity (Wildman–Crippen MR) is 148 cm³/mol. The molecule has 1 saturated heterocycles. The number of hydrogen-bond acceptors (Lipinski definition) is 7. The van der Waals surface area contributed by atoms with Crippen LogP contribution in [0.5, 0.6) is 0 Å². The lowest BCUT2D eigenvalue weighted by molar-refractivity contribution is -0.141. The highest BCUT2D eigenvalue weighted by molar-refractivity contribution is 7.13. The summed E-state index contributed by atoms with van der Waals surface area (Å²) in [4.78, 5) is 33.9. The Labute approximate surface area is 228 Å². The maximum absolute atomic E-state index is 13.8. The molecule has 3 aromatic rings. The lowest BCUT2D eigenvalue weighted by Gasteiger charge is -2.28. The third kappa shape index (κ3) is 5.99. The number of aliphatic hydroxyl groups is 1. The Bertz CT molecular complexity index is 1250. The molecule has 1 fully saturated rings. The van der Waals surface area contributed by atoms with Crippen LogP contribution in [0.15, 0.2) is 40.4 Å². The molecule has 4 atom stereocenters. The van der Waals surface area contributed by atoms with Crippen LogP contribution in [-0.2, 0) is 16.1 Å². The first-order chi connectivity index (χ1) is 18.1. The van der Waals surface area contributed by atoms with Crippen LogP contribution in [-0.4, -0.2) is 50.7 Å². The third-order valence-corrected chi connectivity index (χ3v) is 8.52. The molecular formula is C29H38N4O4S. The molecule has 0 saturated carbocycles. The molecule has 4 rings (SSSR count). The quantitative estimate of drug-likeness (QED) is 0.402. The number of nitrogens with zero attached hydrogens (tertiary/aromatic N) is 3. The zero-order chi connectivity index (χ0) is 27.6. The summed E-state index contributed by atoms with van der Waals surface area (Å²) < 4.78 is 5.65. The van der Waals surface area contributed by atoms with E-state index in [1.165, 1.54) is 4.90 Å². The maximum atomic E-state index is 13.8. The average molecular weight is 539 g/mol. The van der Waals surface area contributed by atoms with Gasteiger partial charge >= 0.3 is 0 Å². The number of aliphatic hydroxyl groups excluding tert-OH is 1. The topological polar surface area (TPSA) is 109 Å². The van der Waals surface area contributed by atoms with E-state index in [1.54, 1.807) is 11.3 Å². The molecule has 2 N–H and O–H groups in total.